The highest BCUT2D eigenvalue weighted by Gasteiger charge is 2.09. The van der Waals surface area contributed by atoms with E-state index >= 15 is 0 Å². The van der Waals surface area contributed by atoms with Crippen LogP contribution in [0, 0.1) is 6.92 Å². The van der Waals surface area contributed by atoms with Crippen LogP contribution >= 0.6 is 0 Å². The zero-order chi connectivity index (χ0) is 13.7. The minimum Gasteiger partial charge on any atom is -0.383 e. The number of nitrogens with zero attached hydrogens (tertiary/aromatic N) is 2. The van der Waals surface area contributed by atoms with Gasteiger partial charge in [-0.1, -0.05) is 0 Å². The smallest absolute Gasteiger partial charge is 0.255 e. The fraction of sp³-hybridized carbons (Fsp3) is 0.308. The van der Waals surface area contributed by atoms with Gasteiger partial charge in [-0.2, -0.15) is 5.10 Å². The Morgan fingerprint density at radius 2 is 2.37 bits per heavy atom. The van der Waals surface area contributed by atoms with E-state index in [0.29, 0.717) is 12.1 Å². The Kier molecular flexibility index (Phi) is 4.12. The second kappa shape index (κ2) is 5.99. The van der Waals surface area contributed by atoms with Crippen LogP contribution in [-0.4, -0.2) is 27.6 Å². The molecule has 0 aliphatic rings. The van der Waals surface area contributed by atoms with Crippen molar-refractivity contribution in [1.29, 1.82) is 0 Å². The van der Waals surface area contributed by atoms with Gasteiger partial charge in [-0.15, -0.1) is 0 Å². The summed E-state index contributed by atoms with van der Waals surface area (Å²) in [7, 11) is 0. The molecule has 0 radical (unpaired) electrons. The molecule has 2 aromatic heterocycles. The van der Waals surface area contributed by atoms with Crippen molar-refractivity contribution in [3.8, 4) is 0 Å². The topological polar surface area (TPSA) is 96.7 Å². The Bertz CT molecular complexity index is 564. The zero-order valence-corrected chi connectivity index (χ0v) is 10.8. The van der Waals surface area contributed by atoms with Crippen LogP contribution in [0.3, 0.4) is 0 Å². The number of anilines is 1. The number of hydrogen-bond acceptors (Lipinski definition) is 4. The van der Waals surface area contributed by atoms with Crippen LogP contribution in [0.4, 0.5) is 5.82 Å². The molecule has 0 bridgehead atoms. The van der Waals surface area contributed by atoms with Crippen LogP contribution in [0.25, 0.3) is 0 Å². The number of rotatable bonds is 5. The van der Waals surface area contributed by atoms with Crippen molar-refractivity contribution >= 4 is 11.7 Å². The van der Waals surface area contributed by atoms with Crippen molar-refractivity contribution in [2.75, 3.05) is 12.3 Å². The van der Waals surface area contributed by atoms with Gasteiger partial charge in [0.1, 0.15) is 5.82 Å². The largest absolute Gasteiger partial charge is 0.383 e. The van der Waals surface area contributed by atoms with Crippen molar-refractivity contribution in [2.24, 2.45) is 0 Å². The molecule has 0 aromatic carbocycles. The number of carbonyl (C=O) groups is 1. The summed E-state index contributed by atoms with van der Waals surface area (Å²) in [5, 5.41) is 9.68. The number of amides is 1. The fourth-order valence-corrected chi connectivity index (χ4v) is 1.81. The van der Waals surface area contributed by atoms with Gasteiger partial charge in [0.2, 0.25) is 0 Å². The Morgan fingerprint density at radius 3 is 3.05 bits per heavy atom. The predicted octanol–water partition coefficient (Wildman–Crippen LogP) is 1.06. The van der Waals surface area contributed by atoms with E-state index in [-0.39, 0.29) is 11.7 Å². The van der Waals surface area contributed by atoms with Gasteiger partial charge in [0.05, 0.1) is 11.8 Å². The Morgan fingerprint density at radius 1 is 1.53 bits per heavy atom. The highest BCUT2D eigenvalue weighted by Crippen LogP contribution is 2.07. The first-order valence-corrected chi connectivity index (χ1v) is 6.16. The first-order chi connectivity index (χ1) is 9.18. The Balaban J connectivity index is 1.79. The van der Waals surface area contributed by atoms with Crippen LogP contribution in [0.5, 0.6) is 0 Å². The van der Waals surface area contributed by atoms with Gasteiger partial charge in [-0.25, -0.2) is 4.98 Å². The fourth-order valence-electron chi connectivity index (χ4n) is 1.81. The highest BCUT2D eigenvalue weighted by molar-refractivity contribution is 5.98. The van der Waals surface area contributed by atoms with E-state index in [0.717, 1.165) is 18.5 Å². The summed E-state index contributed by atoms with van der Waals surface area (Å²) < 4.78 is 0. The third kappa shape index (κ3) is 3.31. The third-order valence-electron chi connectivity index (χ3n) is 2.93. The van der Waals surface area contributed by atoms with Gasteiger partial charge in [0, 0.05) is 18.4 Å². The van der Waals surface area contributed by atoms with E-state index < -0.39 is 0 Å². The SMILES string of the molecule is Cc1[nH]ncc1CCCNC(=O)c1cccnc1N. The molecule has 0 unspecified atom stereocenters. The molecule has 0 aliphatic heterocycles. The lowest BCUT2D eigenvalue weighted by Crippen LogP contribution is -2.25. The molecule has 0 saturated heterocycles. The standard InChI is InChI=1S/C13H17N5O/c1-9-10(8-17-18-9)4-2-7-16-13(19)11-5-3-6-15-12(11)14/h3,5-6,8H,2,4,7H2,1H3,(H2,14,15)(H,16,19)(H,17,18). The van der Waals surface area contributed by atoms with Crippen LogP contribution in [-0.2, 0) is 6.42 Å². The summed E-state index contributed by atoms with van der Waals surface area (Å²) in [4.78, 5) is 15.7. The number of aryl methyl sites for hydroxylation is 2. The van der Waals surface area contributed by atoms with Gasteiger partial charge in [-0.05, 0) is 37.5 Å². The molecular weight excluding hydrogens is 242 g/mol. The molecule has 0 atom stereocenters. The molecule has 19 heavy (non-hydrogen) atoms. The van der Waals surface area contributed by atoms with Gasteiger partial charge in [0.25, 0.3) is 5.91 Å². The van der Waals surface area contributed by atoms with E-state index in [1.807, 2.05) is 13.1 Å². The molecule has 2 heterocycles. The highest BCUT2D eigenvalue weighted by atomic mass is 16.1. The number of nitrogens with two attached hydrogens (primary N) is 1. The second-order valence-electron chi connectivity index (χ2n) is 4.32. The number of nitrogen functional groups attached to an aromatic ring is 1. The summed E-state index contributed by atoms with van der Waals surface area (Å²) in [5.74, 6) is 0.0696. The summed E-state index contributed by atoms with van der Waals surface area (Å²) in [6, 6.07) is 3.36. The van der Waals surface area contributed by atoms with Crippen LogP contribution in [0.2, 0.25) is 0 Å². The zero-order valence-electron chi connectivity index (χ0n) is 10.8. The minimum absolute atomic E-state index is 0.186. The molecular formula is C13H17N5O. The van der Waals surface area contributed by atoms with Crippen LogP contribution in [0.15, 0.2) is 24.5 Å². The number of nitrogens with one attached hydrogen (secondary N) is 2. The molecule has 0 aliphatic carbocycles. The number of carbonyl (C=O) groups excluding carboxylic acids is 1. The molecule has 6 heteroatoms. The van der Waals surface area contributed by atoms with Gasteiger partial charge in [-0.3, -0.25) is 9.89 Å². The second-order valence-corrected chi connectivity index (χ2v) is 4.32. The first kappa shape index (κ1) is 13.1. The lowest BCUT2D eigenvalue weighted by atomic mass is 10.1. The lowest BCUT2D eigenvalue weighted by molar-refractivity contribution is 0.0954. The maximum absolute atomic E-state index is 11.8. The van der Waals surface area contributed by atoms with Crippen molar-refractivity contribution in [3.63, 3.8) is 0 Å². The molecule has 100 valence electrons. The maximum Gasteiger partial charge on any atom is 0.255 e. The Hall–Kier alpha value is -2.37. The quantitative estimate of drug-likeness (QED) is 0.699. The first-order valence-electron chi connectivity index (χ1n) is 6.16. The van der Waals surface area contributed by atoms with Gasteiger partial charge in [0.15, 0.2) is 0 Å². The summed E-state index contributed by atoms with van der Waals surface area (Å²) in [6.07, 6.45) is 5.11. The molecule has 1 amide bonds. The van der Waals surface area contributed by atoms with Crippen molar-refractivity contribution in [1.82, 2.24) is 20.5 Å². The maximum atomic E-state index is 11.8. The van der Waals surface area contributed by atoms with E-state index in [9.17, 15) is 4.79 Å². The molecule has 2 aromatic rings. The molecule has 6 nitrogen and oxygen atoms in total. The van der Waals surface area contributed by atoms with Gasteiger partial charge < -0.3 is 11.1 Å². The molecule has 0 fully saturated rings. The average molecular weight is 259 g/mol. The number of H-pyrrole nitrogens is 1. The van der Waals surface area contributed by atoms with Crippen molar-refractivity contribution in [3.05, 3.63) is 41.3 Å². The number of pyridine rings is 1. The average Bonchev–Trinajstić information content (AvgIpc) is 2.80. The van der Waals surface area contributed by atoms with Crippen LogP contribution < -0.4 is 11.1 Å². The van der Waals surface area contributed by atoms with E-state index in [2.05, 4.69) is 20.5 Å². The minimum atomic E-state index is -0.186. The van der Waals surface area contributed by atoms with E-state index in [4.69, 9.17) is 5.73 Å². The Labute approximate surface area is 111 Å². The van der Waals surface area contributed by atoms with Crippen molar-refractivity contribution in [2.45, 2.75) is 19.8 Å². The molecule has 0 spiro atoms. The summed E-state index contributed by atoms with van der Waals surface area (Å²) >= 11 is 0. The summed E-state index contributed by atoms with van der Waals surface area (Å²) in [5.41, 5.74) is 8.31. The third-order valence-corrected chi connectivity index (χ3v) is 2.93. The number of hydrogen-bond donors (Lipinski definition) is 3. The molecule has 2 rings (SSSR count). The lowest BCUT2D eigenvalue weighted by Gasteiger charge is -2.06. The summed E-state index contributed by atoms with van der Waals surface area (Å²) in [6.45, 7) is 2.58. The van der Waals surface area contributed by atoms with Gasteiger partial charge >= 0.3 is 0 Å². The molecule has 4 N–H and O–H groups in total. The number of aromatic amines is 1. The van der Waals surface area contributed by atoms with Crippen LogP contribution in [0.1, 0.15) is 28.0 Å². The van der Waals surface area contributed by atoms with E-state index in [1.54, 1.807) is 18.3 Å². The predicted molar refractivity (Wildman–Crippen MR) is 72.6 cm³/mol. The normalized spacial score (nSPS) is 10.4. The molecule has 0 saturated carbocycles. The van der Waals surface area contributed by atoms with Crippen molar-refractivity contribution < 1.29 is 4.79 Å². The van der Waals surface area contributed by atoms with E-state index in [1.165, 1.54) is 5.56 Å². The monoisotopic (exact) mass is 259 g/mol. The number of aromatic nitrogens is 3.